The molecule has 0 radical (unpaired) electrons. The number of carbonyl (C=O) groups is 4. The Labute approximate surface area is 188 Å². The van der Waals surface area contributed by atoms with Crippen molar-refractivity contribution in [3.05, 3.63) is 40.7 Å². The average molecular weight is 449 g/mol. The summed E-state index contributed by atoms with van der Waals surface area (Å²) < 4.78 is 1.94. The van der Waals surface area contributed by atoms with E-state index < -0.39 is 23.8 Å². The van der Waals surface area contributed by atoms with Crippen molar-refractivity contribution in [2.75, 3.05) is 0 Å². The number of carbonyl (C=O) groups excluding carboxylic acids is 4. The van der Waals surface area contributed by atoms with Crippen molar-refractivity contribution < 1.29 is 19.2 Å². The van der Waals surface area contributed by atoms with E-state index in [1.165, 1.54) is 0 Å². The summed E-state index contributed by atoms with van der Waals surface area (Å²) in [6, 6.07) is 4.60. The number of nitrogens with zero attached hydrogens (tertiary/aromatic N) is 5. The van der Waals surface area contributed by atoms with E-state index in [2.05, 4.69) is 26.2 Å². The van der Waals surface area contributed by atoms with E-state index in [0.29, 0.717) is 12.6 Å². The summed E-state index contributed by atoms with van der Waals surface area (Å²) in [4.78, 5) is 50.6. The van der Waals surface area contributed by atoms with Crippen molar-refractivity contribution in [1.29, 1.82) is 0 Å². The zero-order valence-corrected chi connectivity index (χ0v) is 17.9. The molecule has 33 heavy (non-hydrogen) atoms. The number of fused-ring (bicyclic) bond motifs is 1. The van der Waals surface area contributed by atoms with E-state index in [4.69, 9.17) is 0 Å². The minimum Gasteiger partial charge on any atom is -0.301 e. The van der Waals surface area contributed by atoms with Gasteiger partial charge in [-0.15, -0.1) is 5.10 Å². The van der Waals surface area contributed by atoms with E-state index >= 15 is 0 Å². The van der Waals surface area contributed by atoms with Gasteiger partial charge in [0.1, 0.15) is 6.04 Å². The van der Waals surface area contributed by atoms with Crippen LogP contribution in [0.1, 0.15) is 83.1 Å². The first-order valence-corrected chi connectivity index (χ1v) is 11.3. The summed E-state index contributed by atoms with van der Waals surface area (Å²) in [5.41, 5.74) is 1.14. The van der Waals surface area contributed by atoms with Gasteiger partial charge in [0.2, 0.25) is 11.8 Å². The average Bonchev–Trinajstić information content (AvgIpc) is 3.45. The fourth-order valence-corrected chi connectivity index (χ4v) is 4.98. The molecule has 1 aromatic carbocycles. The molecule has 2 saturated carbocycles. The number of hydrogen-bond donors (Lipinski definition) is 2. The lowest BCUT2D eigenvalue weighted by Gasteiger charge is -2.41. The Bertz CT molecular complexity index is 1200. The van der Waals surface area contributed by atoms with Gasteiger partial charge in [0.15, 0.2) is 5.82 Å². The van der Waals surface area contributed by atoms with Crippen LogP contribution in [0.15, 0.2) is 18.2 Å². The molecule has 170 valence electrons. The molecule has 1 saturated heterocycles. The van der Waals surface area contributed by atoms with E-state index in [1.54, 1.807) is 12.1 Å². The molecule has 6 rings (SSSR count). The van der Waals surface area contributed by atoms with E-state index in [9.17, 15) is 19.2 Å². The molecule has 11 nitrogen and oxygen atoms in total. The normalized spacial score (nSPS) is 24.0. The quantitative estimate of drug-likeness (QED) is 0.611. The molecule has 2 aromatic rings. The van der Waals surface area contributed by atoms with E-state index in [1.807, 2.05) is 10.7 Å². The van der Waals surface area contributed by atoms with Crippen LogP contribution in [0.5, 0.6) is 0 Å². The first kappa shape index (κ1) is 20.2. The van der Waals surface area contributed by atoms with Crippen molar-refractivity contribution >= 4 is 23.6 Å². The highest BCUT2D eigenvalue weighted by molar-refractivity contribution is 6.23. The number of piperidine rings is 1. The van der Waals surface area contributed by atoms with Gasteiger partial charge in [-0.25, -0.2) is 4.68 Å². The van der Waals surface area contributed by atoms with Gasteiger partial charge in [-0.2, -0.15) is 0 Å². The van der Waals surface area contributed by atoms with Gasteiger partial charge in [-0.05, 0) is 66.6 Å². The third kappa shape index (κ3) is 3.17. The first-order chi connectivity index (χ1) is 16.0. The number of rotatable bonds is 6. The molecule has 4 amide bonds. The van der Waals surface area contributed by atoms with Crippen molar-refractivity contribution in [2.24, 2.45) is 0 Å². The lowest BCUT2D eigenvalue weighted by Crippen LogP contribution is -2.54. The summed E-state index contributed by atoms with van der Waals surface area (Å²) in [5.74, 6) is -1.13. The molecule has 1 atom stereocenters. The maximum absolute atomic E-state index is 13.1. The van der Waals surface area contributed by atoms with Crippen LogP contribution in [0.3, 0.4) is 0 Å². The van der Waals surface area contributed by atoms with Gasteiger partial charge in [-0.1, -0.05) is 6.07 Å². The minimum absolute atomic E-state index is 0.0986. The molecule has 3 heterocycles. The lowest BCUT2D eigenvalue weighted by molar-refractivity contribution is -0.136. The van der Waals surface area contributed by atoms with Gasteiger partial charge in [0.25, 0.3) is 11.8 Å². The fraction of sp³-hybridized carbons (Fsp3) is 0.500. The highest BCUT2D eigenvalue weighted by Gasteiger charge is 2.46. The fourth-order valence-electron chi connectivity index (χ4n) is 4.98. The maximum atomic E-state index is 13.1. The Kier molecular flexibility index (Phi) is 4.44. The number of benzene rings is 1. The Morgan fingerprint density at radius 2 is 1.85 bits per heavy atom. The molecule has 2 aliphatic heterocycles. The topological polar surface area (TPSA) is 139 Å². The zero-order valence-electron chi connectivity index (χ0n) is 17.9. The van der Waals surface area contributed by atoms with Crippen LogP contribution in [0.25, 0.3) is 0 Å². The third-order valence-corrected chi connectivity index (χ3v) is 7.16. The summed E-state index contributed by atoms with van der Waals surface area (Å²) in [7, 11) is 0. The monoisotopic (exact) mass is 449 g/mol. The molecule has 3 fully saturated rings. The number of hydrogen-bond acceptors (Lipinski definition) is 8. The van der Waals surface area contributed by atoms with Gasteiger partial charge in [0, 0.05) is 13.0 Å². The zero-order chi connectivity index (χ0) is 22.7. The molecule has 11 heteroatoms. The van der Waals surface area contributed by atoms with Gasteiger partial charge >= 0.3 is 0 Å². The van der Waals surface area contributed by atoms with Crippen LogP contribution in [-0.2, 0) is 21.7 Å². The van der Waals surface area contributed by atoms with Gasteiger partial charge in [0.05, 0.1) is 22.7 Å². The van der Waals surface area contributed by atoms with Crippen LogP contribution < -0.4 is 10.6 Å². The van der Waals surface area contributed by atoms with Crippen LogP contribution in [0, 0.1) is 0 Å². The smallest absolute Gasteiger partial charge is 0.262 e. The minimum atomic E-state index is -0.962. The van der Waals surface area contributed by atoms with Crippen molar-refractivity contribution in [3.63, 3.8) is 0 Å². The van der Waals surface area contributed by atoms with Crippen molar-refractivity contribution in [1.82, 2.24) is 35.7 Å². The SMILES string of the molecule is O=C1CCC(N2C(=O)c3ccc(CNC4(c5nnnn5C5CC5)CCC4)cc3C2=O)C(=O)N1. The predicted molar refractivity (Wildman–Crippen MR) is 112 cm³/mol. The van der Waals surface area contributed by atoms with Crippen molar-refractivity contribution in [2.45, 2.75) is 69.1 Å². The number of nitrogens with one attached hydrogen (secondary N) is 2. The third-order valence-electron chi connectivity index (χ3n) is 7.16. The molecule has 2 N–H and O–H groups in total. The van der Waals surface area contributed by atoms with Gasteiger partial charge in [-0.3, -0.25) is 29.4 Å². The number of amides is 4. The van der Waals surface area contributed by atoms with Crippen LogP contribution in [0.2, 0.25) is 0 Å². The van der Waals surface area contributed by atoms with Gasteiger partial charge < -0.3 is 5.32 Å². The van der Waals surface area contributed by atoms with Crippen molar-refractivity contribution in [3.8, 4) is 0 Å². The molecular formula is C22H23N7O4. The largest absolute Gasteiger partial charge is 0.301 e. The Morgan fingerprint density at radius 1 is 1.06 bits per heavy atom. The Hall–Kier alpha value is -3.47. The second-order valence-electron chi connectivity index (χ2n) is 9.29. The number of aromatic nitrogens is 4. The highest BCUT2D eigenvalue weighted by Crippen LogP contribution is 2.44. The highest BCUT2D eigenvalue weighted by atomic mass is 16.2. The number of imide groups is 2. The lowest BCUT2D eigenvalue weighted by atomic mass is 9.75. The summed E-state index contributed by atoms with van der Waals surface area (Å²) >= 11 is 0. The standard InChI is InChI=1S/C22H23N7O4/c30-17-7-6-16(18(31)24-17)28-19(32)14-5-2-12(10-15(14)20(28)33)11-23-22(8-1-9-22)21-25-26-27-29(21)13-3-4-13/h2,5,10,13,16,23H,1,3-4,6-9,11H2,(H,24,30,31). The van der Waals surface area contributed by atoms with Crippen LogP contribution >= 0.6 is 0 Å². The molecule has 4 aliphatic rings. The molecule has 2 aliphatic carbocycles. The van der Waals surface area contributed by atoms with E-state index in [-0.39, 0.29) is 35.4 Å². The molecule has 1 aromatic heterocycles. The summed E-state index contributed by atoms with van der Waals surface area (Å²) in [5, 5.41) is 18.2. The predicted octanol–water partition coefficient (Wildman–Crippen LogP) is 0.578. The maximum Gasteiger partial charge on any atom is 0.262 e. The molecular weight excluding hydrogens is 426 g/mol. The second kappa shape index (κ2) is 7.27. The van der Waals surface area contributed by atoms with Crippen LogP contribution in [-0.4, -0.2) is 54.8 Å². The van der Waals surface area contributed by atoms with Crippen LogP contribution in [0.4, 0.5) is 0 Å². The number of tetrazole rings is 1. The van der Waals surface area contributed by atoms with E-state index in [0.717, 1.165) is 48.4 Å². The summed E-state index contributed by atoms with van der Waals surface area (Å²) in [6.07, 6.45) is 5.39. The molecule has 0 spiro atoms. The first-order valence-electron chi connectivity index (χ1n) is 11.3. The molecule has 1 unspecified atom stereocenters. The Balaban J connectivity index is 1.21. The Morgan fingerprint density at radius 3 is 2.55 bits per heavy atom. The summed E-state index contributed by atoms with van der Waals surface area (Å²) in [6.45, 7) is 0.491. The molecule has 0 bridgehead atoms. The second-order valence-corrected chi connectivity index (χ2v) is 9.29.